The monoisotopic (exact) mass is 360 g/mol. The van der Waals surface area contributed by atoms with Crippen molar-refractivity contribution < 1.29 is 9.90 Å². The zero-order chi connectivity index (χ0) is 16.2. The minimum absolute atomic E-state index is 0.123. The van der Waals surface area contributed by atoms with E-state index in [1.807, 2.05) is 20.8 Å². The Labute approximate surface area is 131 Å². The average molecular weight is 361 g/mol. The molecule has 0 aromatic carbocycles. The first kappa shape index (κ1) is 17.6. The molecule has 0 saturated heterocycles. The van der Waals surface area contributed by atoms with Gasteiger partial charge in [-0.15, -0.1) is 0 Å². The van der Waals surface area contributed by atoms with Crippen LogP contribution in [0.3, 0.4) is 0 Å². The molecular formula is C13H21BrN4O3. The lowest BCUT2D eigenvalue weighted by Gasteiger charge is -2.24. The average Bonchev–Trinajstić information content (AvgIpc) is 2.36. The van der Waals surface area contributed by atoms with Crippen LogP contribution in [0.2, 0.25) is 0 Å². The highest BCUT2D eigenvalue weighted by Crippen LogP contribution is 2.17. The number of rotatable bonds is 5. The molecule has 1 aromatic rings. The summed E-state index contributed by atoms with van der Waals surface area (Å²) < 4.78 is 1.43. The first-order valence-electron chi connectivity index (χ1n) is 6.60. The summed E-state index contributed by atoms with van der Waals surface area (Å²) in [5, 5.41) is 18.6. The lowest BCUT2D eigenvalue weighted by atomic mass is 10.1. The van der Waals surface area contributed by atoms with E-state index in [1.165, 1.54) is 6.20 Å². The Morgan fingerprint density at radius 1 is 1.52 bits per heavy atom. The molecule has 7 nitrogen and oxygen atoms in total. The van der Waals surface area contributed by atoms with Crippen LogP contribution in [0.25, 0.3) is 0 Å². The summed E-state index contributed by atoms with van der Waals surface area (Å²) in [4.78, 5) is 24.0. The number of carbonyl (C=O) groups excluding carboxylic acids is 1. The number of halogens is 1. The van der Waals surface area contributed by atoms with Gasteiger partial charge in [-0.3, -0.25) is 9.59 Å². The van der Waals surface area contributed by atoms with Crippen molar-refractivity contribution in [3.63, 3.8) is 0 Å². The van der Waals surface area contributed by atoms with Gasteiger partial charge in [-0.05, 0) is 43.6 Å². The Kier molecular flexibility index (Phi) is 5.91. The molecule has 0 saturated carbocycles. The third kappa shape index (κ3) is 5.13. The maximum absolute atomic E-state index is 12.0. The Morgan fingerprint density at radius 2 is 2.14 bits per heavy atom. The number of hydrogen-bond donors (Lipinski definition) is 3. The smallest absolute Gasteiger partial charge is 0.283 e. The van der Waals surface area contributed by atoms with Crippen LogP contribution in [-0.2, 0) is 11.3 Å². The van der Waals surface area contributed by atoms with Crippen LogP contribution in [-0.4, -0.2) is 39.0 Å². The summed E-state index contributed by atoms with van der Waals surface area (Å²) in [5.74, 6) is -0.172. The minimum Gasteiger partial charge on any atom is -0.394 e. The second-order valence-corrected chi connectivity index (χ2v) is 6.52. The van der Waals surface area contributed by atoms with Crippen LogP contribution in [0.5, 0.6) is 0 Å². The Bertz CT molecular complexity index is 566. The molecular weight excluding hydrogens is 340 g/mol. The Morgan fingerprint density at radius 3 is 2.67 bits per heavy atom. The molecule has 0 aliphatic rings. The van der Waals surface area contributed by atoms with Crippen LogP contribution in [0.4, 0.5) is 5.69 Å². The molecule has 21 heavy (non-hydrogen) atoms. The second-order valence-electron chi connectivity index (χ2n) is 5.73. The van der Waals surface area contributed by atoms with Gasteiger partial charge in [0, 0.05) is 5.54 Å². The summed E-state index contributed by atoms with van der Waals surface area (Å²) >= 11 is 3.19. The van der Waals surface area contributed by atoms with Crippen LogP contribution in [0.15, 0.2) is 15.5 Å². The summed E-state index contributed by atoms with van der Waals surface area (Å²) in [6.07, 6.45) is 1.45. The summed E-state index contributed by atoms with van der Waals surface area (Å²) in [6.45, 7) is 7.34. The van der Waals surface area contributed by atoms with Gasteiger partial charge in [-0.25, -0.2) is 4.68 Å². The molecule has 0 aliphatic carbocycles. The van der Waals surface area contributed by atoms with Crippen molar-refractivity contribution in [3.05, 3.63) is 21.0 Å². The highest BCUT2D eigenvalue weighted by molar-refractivity contribution is 9.10. The zero-order valence-corrected chi connectivity index (χ0v) is 14.2. The predicted octanol–water partition coefficient (Wildman–Crippen LogP) is 0.713. The van der Waals surface area contributed by atoms with Gasteiger partial charge in [0.1, 0.15) is 10.5 Å². The van der Waals surface area contributed by atoms with Gasteiger partial charge in [-0.2, -0.15) is 5.10 Å². The van der Waals surface area contributed by atoms with Gasteiger partial charge in [0.15, 0.2) is 0 Å². The van der Waals surface area contributed by atoms with E-state index in [2.05, 4.69) is 31.7 Å². The van der Waals surface area contributed by atoms with Crippen LogP contribution in [0.1, 0.15) is 27.7 Å². The molecule has 1 unspecified atom stereocenters. The van der Waals surface area contributed by atoms with Crippen molar-refractivity contribution in [2.24, 2.45) is 0 Å². The molecule has 0 aliphatic heterocycles. The Hall–Kier alpha value is -1.41. The number of aliphatic hydroxyl groups is 1. The third-order valence-electron chi connectivity index (χ3n) is 2.56. The first-order chi connectivity index (χ1) is 9.65. The van der Waals surface area contributed by atoms with E-state index in [0.29, 0.717) is 5.69 Å². The normalized spacial score (nSPS) is 12.9. The molecule has 1 atom stereocenters. The number of nitrogens with zero attached hydrogens (tertiary/aromatic N) is 2. The lowest BCUT2D eigenvalue weighted by molar-refractivity contribution is -0.122. The summed E-state index contributed by atoms with van der Waals surface area (Å²) in [7, 11) is 0. The number of hydrogen-bond acceptors (Lipinski definition) is 5. The third-order valence-corrected chi connectivity index (χ3v) is 3.33. The molecule has 0 fully saturated rings. The highest BCUT2D eigenvalue weighted by atomic mass is 79.9. The van der Waals surface area contributed by atoms with Crippen molar-refractivity contribution in [1.82, 2.24) is 15.1 Å². The molecule has 3 N–H and O–H groups in total. The number of anilines is 1. The summed E-state index contributed by atoms with van der Waals surface area (Å²) in [6, 6.07) is -0.518. The van der Waals surface area contributed by atoms with Gasteiger partial charge in [0.25, 0.3) is 5.56 Å². The van der Waals surface area contributed by atoms with Crippen LogP contribution < -0.4 is 16.2 Å². The fraction of sp³-hybridized carbons (Fsp3) is 0.615. The number of aliphatic hydroxyl groups excluding tert-OH is 1. The van der Waals surface area contributed by atoms with Crippen molar-refractivity contribution >= 4 is 27.5 Å². The van der Waals surface area contributed by atoms with Gasteiger partial charge < -0.3 is 15.7 Å². The highest BCUT2D eigenvalue weighted by Gasteiger charge is 2.20. The van der Waals surface area contributed by atoms with E-state index in [4.69, 9.17) is 5.11 Å². The molecule has 8 heteroatoms. The topological polar surface area (TPSA) is 96.2 Å². The molecule has 0 bridgehead atoms. The maximum Gasteiger partial charge on any atom is 0.283 e. The zero-order valence-electron chi connectivity index (χ0n) is 12.6. The van der Waals surface area contributed by atoms with Gasteiger partial charge >= 0.3 is 0 Å². The molecule has 1 heterocycles. The number of aromatic nitrogens is 2. The van der Waals surface area contributed by atoms with Gasteiger partial charge in [0.2, 0.25) is 5.91 Å². The quantitative estimate of drug-likeness (QED) is 0.718. The molecule has 0 radical (unpaired) electrons. The Balaban J connectivity index is 2.86. The van der Waals surface area contributed by atoms with Crippen molar-refractivity contribution in [1.29, 1.82) is 0 Å². The molecule has 1 rings (SSSR count). The van der Waals surface area contributed by atoms with E-state index in [0.717, 1.165) is 4.68 Å². The second kappa shape index (κ2) is 7.04. The van der Waals surface area contributed by atoms with E-state index in [9.17, 15) is 9.59 Å². The minimum atomic E-state index is -0.518. The largest absolute Gasteiger partial charge is 0.394 e. The number of nitrogens with one attached hydrogen (secondary N) is 2. The SMILES string of the molecule is CC(Nc1cnn(CCO)c(=O)c1Br)C(=O)NC(C)(C)C. The number of amides is 1. The van der Waals surface area contributed by atoms with E-state index in [1.54, 1.807) is 6.92 Å². The number of carbonyl (C=O) groups is 1. The van der Waals surface area contributed by atoms with Crippen molar-refractivity contribution in [3.8, 4) is 0 Å². The van der Waals surface area contributed by atoms with Crippen LogP contribution in [0, 0.1) is 0 Å². The van der Waals surface area contributed by atoms with Gasteiger partial charge in [-0.1, -0.05) is 0 Å². The molecule has 1 amide bonds. The van der Waals surface area contributed by atoms with E-state index >= 15 is 0 Å². The predicted molar refractivity (Wildman–Crippen MR) is 84.3 cm³/mol. The van der Waals surface area contributed by atoms with Crippen molar-refractivity contribution in [2.75, 3.05) is 11.9 Å². The van der Waals surface area contributed by atoms with Crippen molar-refractivity contribution in [2.45, 2.75) is 45.8 Å². The lowest BCUT2D eigenvalue weighted by Crippen LogP contribution is -2.47. The van der Waals surface area contributed by atoms with E-state index < -0.39 is 6.04 Å². The standard InChI is InChI=1S/C13H21BrN4O3/c1-8(11(20)17-13(2,3)4)16-9-7-15-18(5-6-19)12(21)10(9)14/h7-8,16,19H,5-6H2,1-4H3,(H,17,20). The maximum atomic E-state index is 12.0. The van der Waals surface area contributed by atoms with E-state index in [-0.39, 0.29) is 34.6 Å². The first-order valence-corrected chi connectivity index (χ1v) is 7.40. The summed E-state index contributed by atoms with van der Waals surface area (Å²) in [5.41, 5.74) is -0.254. The fourth-order valence-corrected chi connectivity index (χ4v) is 2.02. The molecule has 118 valence electrons. The van der Waals surface area contributed by atoms with Gasteiger partial charge in [0.05, 0.1) is 25.0 Å². The molecule has 0 spiro atoms. The van der Waals surface area contributed by atoms with Crippen LogP contribution >= 0.6 is 15.9 Å². The fourth-order valence-electron chi connectivity index (χ4n) is 1.60. The molecule has 1 aromatic heterocycles.